The van der Waals surface area contributed by atoms with E-state index in [0.29, 0.717) is 5.75 Å². The molecule has 0 aliphatic carbocycles. The van der Waals surface area contributed by atoms with Crippen molar-refractivity contribution in [3.63, 3.8) is 0 Å². The van der Waals surface area contributed by atoms with Crippen LogP contribution >= 0.6 is 27.7 Å². The van der Waals surface area contributed by atoms with Gasteiger partial charge in [0.05, 0.1) is 11.8 Å². The van der Waals surface area contributed by atoms with Gasteiger partial charge in [0.2, 0.25) is 5.91 Å². The highest BCUT2D eigenvalue weighted by Gasteiger charge is 2.15. The van der Waals surface area contributed by atoms with Gasteiger partial charge in [0.1, 0.15) is 0 Å². The summed E-state index contributed by atoms with van der Waals surface area (Å²) < 4.78 is 1.17. The van der Waals surface area contributed by atoms with Crippen LogP contribution in [0.1, 0.15) is 39.3 Å². The van der Waals surface area contributed by atoms with Crippen LogP contribution in [0.15, 0.2) is 28.7 Å². The predicted octanol–water partition coefficient (Wildman–Crippen LogP) is 4.16. The topological polar surface area (TPSA) is 29.1 Å². The number of carbonyl (C=O) groups is 1. The van der Waals surface area contributed by atoms with Crippen LogP contribution in [0.5, 0.6) is 0 Å². The van der Waals surface area contributed by atoms with Crippen molar-refractivity contribution >= 4 is 33.6 Å². The molecular formula is C14H20BrNOS. The van der Waals surface area contributed by atoms with Gasteiger partial charge in [-0.25, -0.2) is 0 Å². The number of benzene rings is 1. The number of thioether (sulfide) groups is 1. The van der Waals surface area contributed by atoms with Crippen molar-refractivity contribution in [2.45, 2.75) is 38.5 Å². The van der Waals surface area contributed by atoms with Crippen LogP contribution in [-0.2, 0) is 4.79 Å². The van der Waals surface area contributed by atoms with E-state index in [1.807, 2.05) is 31.2 Å². The molecule has 1 atom stereocenters. The first-order chi connectivity index (χ1) is 8.28. The van der Waals surface area contributed by atoms with E-state index in [1.54, 1.807) is 11.8 Å². The molecule has 0 saturated carbocycles. The van der Waals surface area contributed by atoms with Gasteiger partial charge in [0.25, 0.3) is 0 Å². The molecule has 1 N–H and O–H groups in total. The zero-order chi connectivity index (χ0) is 13.8. The second kappa shape index (κ2) is 6.62. The average molecular weight is 330 g/mol. The molecule has 0 saturated heterocycles. The molecule has 1 aromatic carbocycles. The van der Waals surface area contributed by atoms with E-state index >= 15 is 0 Å². The summed E-state index contributed by atoms with van der Waals surface area (Å²) >= 11 is 5.06. The number of halogens is 1. The Morgan fingerprint density at radius 1 is 1.33 bits per heavy atom. The van der Waals surface area contributed by atoms with E-state index in [4.69, 9.17) is 0 Å². The minimum absolute atomic E-state index is 0.0474. The van der Waals surface area contributed by atoms with Crippen LogP contribution in [0.25, 0.3) is 0 Å². The second-order valence-electron chi connectivity index (χ2n) is 5.24. The summed E-state index contributed by atoms with van der Waals surface area (Å²) in [6, 6.07) is 8.06. The normalized spacial score (nSPS) is 13.2. The SMILES string of the molecule is CC(NC(=O)CSC(C)(C)C)c1ccc(Br)cc1. The molecule has 18 heavy (non-hydrogen) atoms. The summed E-state index contributed by atoms with van der Waals surface area (Å²) in [7, 11) is 0. The summed E-state index contributed by atoms with van der Waals surface area (Å²) in [6.45, 7) is 8.35. The van der Waals surface area contributed by atoms with Crippen molar-refractivity contribution in [1.29, 1.82) is 0 Å². The molecule has 0 bridgehead atoms. The van der Waals surface area contributed by atoms with E-state index < -0.39 is 0 Å². The first-order valence-electron chi connectivity index (χ1n) is 5.97. The van der Waals surface area contributed by atoms with E-state index in [0.717, 1.165) is 10.0 Å². The highest BCUT2D eigenvalue weighted by atomic mass is 79.9. The number of rotatable bonds is 4. The molecule has 0 aliphatic rings. The van der Waals surface area contributed by atoms with E-state index in [1.165, 1.54) is 0 Å². The minimum Gasteiger partial charge on any atom is -0.349 e. The highest BCUT2D eigenvalue weighted by Crippen LogP contribution is 2.23. The third-order valence-corrected chi connectivity index (χ3v) is 4.18. The Morgan fingerprint density at radius 3 is 2.39 bits per heavy atom. The van der Waals surface area contributed by atoms with Crippen LogP contribution in [-0.4, -0.2) is 16.4 Å². The van der Waals surface area contributed by atoms with Crippen molar-refractivity contribution in [1.82, 2.24) is 5.32 Å². The largest absolute Gasteiger partial charge is 0.349 e. The van der Waals surface area contributed by atoms with Crippen LogP contribution < -0.4 is 5.32 Å². The van der Waals surface area contributed by atoms with Gasteiger partial charge in [0.15, 0.2) is 0 Å². The molecule has 0 fully saturated rings. The van der Waals surface area contributed by atoms with Crippen molar-refractivity contribution in [3.05, 3.63) is 34.3 Å². The monoisotopic (exact) mass is 329 g/mol. The molecule has 100 valence electrons. The fourth-order valence-electron chi connectivity index (χ4n) is 1.40. The molecular weight excluding hydrogens is 310 g/mol. The molecule has 2 nitrogen and oxygen atoms in total. The number of nitrogens with one attached hydrogen (secondary N) is 1. The second-order valence-corrected chi connectivity index (χ2v) is 7.96. The van der Waals surface area contributed by atoms with Gasteiger partial charge >= 0.3 is 0 Å². The maximum Gasteiger partial charge on any atom is 0.230 e. The minimum atomic E-state index is 0.0474. The van der Waals surface area contributed by atoms with Crippen LogP contribution in [0.2, 0.25) is 0 Å². The lowest BCUT2D eigenvalue weighted by atomic mass is 10.1. The van der Waals surface area contributed by atoms with Gasteiger partial charge in [-0.1, -0.05) is 48.8 Å². The van der Waals surface area contributed by atoms with E-state index in [2.05, 4.69) is 42.0 Å². The van der Waals surface area contributed by atoms with E-state index in [9.17, 15) is 4.79 Å². The lowest BCUT2D eigenvalue weighted by Gasteiger charge is -2.19. The van der Waals surface area contributed by atoms with Gasteiger partial charge < -0.3 is 5.32 Å². The Kier molecular flexibility index (Phi) is 5.73. The Hall–Kier alpha value is -0.480. The molecule has 1 aromatic rings. The summed E-state index contributed by atoms with van der Waals surface area (Å²) in [4.78, 5) is 11.8. The third kappa shape index (κ3) is 5.91. The highest BCUT2D eigenvalue weighted by molar-refractivity contribution is 9.10. The van der Waals surface area contributed by atoms with Crippen molar-refractivity contribution in [2.75, 3.05) is 5.75 Å². The van der Waals surface area contributed by atoms with Gasteiger partial charge in [0, 0.05) is 9.22 Å². The number of hydrogen-bond acceptors (Lipinski definition) is 2. The smallest absolute Gasteiger partial charge is 0.230 e. The van der Waals surface area contributed by atoms with Gasteiger partial charge in [-0.3, -0.25) is 4.79 Å². The maximum absolute atomic E-state index is 11.8. The number of amides is 1. The van der Waals surface area contributed by atoms with Crippen LogP contribution in [0.3, 0.4) is 0 Å². The van der Waals surface area contributed by atoms with Crippen LogP contribution in [0.4, 0.5) is 0 Å². The fourth-order valence-corrected chi connectivity index (χ4v) is 2.31. The lowest BCUT2D eigenvalue weighted by molar-refractivity contribution is -0.119. The van der Waals surface area contributed by atoms with Crippen molar-refractivity contribution < 1.29 is 4.79 Å². The molecule has 0 aliphatic heterocycles. The number of hydrogen-bond donors (Lipinski definition) is 1. The Bertz CT molecular complexity index is 397. The zero-order valence-corrected chi connectivity index (χ0v) is 13.7. The molecule has 1 rings (SSSR count). The molecule has 1 amide bonds. The first-order valence-corrected chi connectivity index (χ1v) is 7.74. The maximum atomic E-state index is 11.8. The van der Waals surface area contributed by atoms with Gasteiger partial charge in [-0.2, -0.15) is 0 Å². The summed E-state index contributed by atoms with van der Waals surface area (Å²) in [6.07, 6.45) is 0. The summed E-state index contributed by atoms with van der Waals surface area (Å²) in [5, 5.41) is 3.01. The summed E-state index contributed by atoms with van der Waals surface area (Å²) in [5.74, 6) is 0.593. The molecule has 0 heterocycles. The predicted molar refractivity (Wildman–Crippen MR) is 82.9 cm³/mol. The van der Waals surface area contributed by atoms with E-state index in [-0.39, 0.29) is 16.7 Å². The Balaban J connectivity index is 2.47. The van der Waals surface area contributed by atoms with Gasteiger partial charge in [-0.15, -0.1) is 11.8 Å². The quantitative estimate of drug-likeness (QED) is 0.898. The fraction of sp³-hybridized carbons (Fsp3) is 0.500. The van der Waals surface area contributed by atoms with Crippen molar-refractivity contribution in [2.24, 2.45) is 0 Å². The van der Waals surface area contributed by atoms with Crippen LogP contribution in [0, 0.1) is 0 Å². The standard InChI is InChI=1S/C14H20BrNOS/c1-10(11-5-7-12(15)8-6-11)16-13(17)9-18-14(2,3)4/h5-8,10H,9H2,1-4H3,(H,16,17). The van der Waals surface area contributed by atoms with Gasteiger partial charge in [-0.05, 0) is 24.6 Å². The molecule has 1 unspecified atom stereocenters. The lowest BCUT2D eigenvalue weighted by Crippen LogP contribution is -2.29. The average Bonchev–Trinajstić information content (AvgIpc) is 2.26. The third-order valence-electron chi connectivity index (χ3n) is 2.38. The summed E-state index contributed by atoms with van der Waals surface area (Å²) in [5.41, 5.74) is 1.12. The first kappa shape index (κ1) is 15.6. The zero-order valence-electron chi connectivity index (χ0n) is 11.3. The Labute approximate surface area is 122 Å². The molecule has 4 heteroatoms. The Morgan fingerprint density at radius 2 is 1.89 bits per heavy atom. The van der Waals surface area contributed by atoms with Crippen molar-refractivity contribution in [3.8, 4) is 0 Å². The molecule has 0 aromatic heterocycles. The molecule has 0 radical (unpaired) electrons. The number of carbonyl (C=O) groups excluding carboxylic acids is 1. The molecule has 0 spiro atoms.